The Morgan fingerprint density at radius 1 is 1.12 bits per heavy atom. The highest BCUT2D eigenvalue weighted by atomic mass is 35.5. The number of aliphatic imine (C=N–C) groups is 1. The Labute approximate surface area is 255 Å². The molecule has 20 heteroatoms. The average Bonchev–Trinajstić information content (AvgIpc) is 3.47. The number of benzene rings is 1. The first-order valence-electron chi connectivity index (χ1n) is 10.9. The van der Waals surface area contributed by atoms with Gasteiger partial charge in [0.2, 0.25) is 16.8 Å². The van der Waals surface area contributed by atoms with E-state index < -0.39 is 60.6 Å². The van der Waals surface area contributed by atoms with Gasteiger partial charge in [0, 0.05) is 25.0 Å². The van der Waals surface area contributed by atoms with Gasteiger partial charge in [-0.3, -0.25) is 0 Å². The lowest BCUT2D eigenvalue weighted by atomic mass is 10.2. The molecule has 1 aliphatic heterocycles. The van der Waals surface area contributed by atoms with Gasteiger partial charge in [0.15, 0.2) is 11.0 Å². The highest BCUT2D eigenvalue weighted by molar-refractivity contribution is 8.14. The molecule has 0 spiro atoms. The van der Waals surface area contributed by atoms with Gasteiger partial charge in [0.25, 0.3) is 0 Å². The Hall–Kier alpha value is -3.06. The first-order valence-corrected chi connectivity index (χ1v) is 14.1. The summed E-state index contributed by atoms with van der Waals surface area (Å²) in [6.45, 7) is 1.63. The van der Waals surface area contributed by atoms with Crippen LogP contribution in [0, 0.1) is 22.8 Å². The van der Waals surface area contributed by atoms with Gasteiger partial charge in [-0.1, -0.05) is 52.6 Å². The number of nitriles is 2. The summed E-state index contributed by atoms with van der Waals surface area (Å²) in [4.78, 5) is 8.72. The molecule has 9 nitrogen and oxygen atoms in total. The minimum absolute atomic E-state index is 0.433. The first-order chi connectivity index (χ1) is 19.6. The van der Waals surface area contributed by atoms with E-state index in [1.807, 2.05) is 12.3 Å². The number of nitrogen functional groups attached to an aromatic ring is 1. The molecule has 1 fully saturated rings. The van der Waals surface area contributed by atoms with Gasteiger partial charge in [-0.2, -0.15) is 23.7 Å². The number of nitrogens with zero attached hydrogens (tertiary/aromatic N) is 7. The fourth-order valence-corrected chi connectivity index (χ4v) is 5.80. The van der Waals surface area contributed by atoms with Crippen molar-refractivity contribution in [1.29, 1.82) is 10.5 Å². The quantitative estimate of drug-likeness (QED) is 0.144. The predicted octanol–water partition coefficient (Wildman–Crippen LogP) is 6.40. The van der Waals surface area contributed by atoms with Crippen molar-refractivity contribution < 1.29 is 30.9 Å². The molecule has 1 atom stereocenters. The van der Waals surface area contributed by atoms with Crippen LogP contribution in [-0.2, 0) is 23.9 Å². The lowest BCUT2D eigenvalue weighted by molar-refractivity contribution is -0.137. The third-order valence-electron chi connectivity index (χ3n) is 5.10. The van der Waals surface area contributed by atoms with E-state index in [9.17, 15) is 30.9 Å². The summed E-state index contributed by atoms with van der Waals surface area (Å²) in [5, 5.41) is 20.9. The van der Waals surface area contributed by atoms with E-state index in [4.69, 9.17) is 51.1 Å². The Balaban J connectivity index is 0.000000258. The van der Waals surface area contributed by atoms with Crippen LogP contribution in [0.15, 0.2) is 40.4 Å². The van der Waals surface area contributed by atoms with E-state index in [0.29, 0.717) is 22.0 Å². The molecule has 1 aromatic carbocycles. The van der Waals surface area contributed by atoms with Crippen LogP contribution in [-0.4, -0.2) is 47.2 Å². The molecule has 222 valence electrons. The minimum atomic E-state index is -5.25. The molecule has 0 amide bonds. The van der Waals surface area contributed by atoms with E-state index in [2.05, 4.69) is 20.0 Å². The Kier molecular flexibility index (Phi) is 10.7. The highest BCUT2D eigenvalue weighted by Crippen LogP contribution is 2.41. The van der Waals surface area contributed by atoms with E-state index in [1.165, 1.54) is 6.07 Å². The Morgan fingerprint density at radius 2 is 1.76 bits per heavy atom. The fraction of sp³-hybridized carbons (Fsp3) is 0.227. The highest BCUT2D eigenvalue weighted by Gasteiger charge is 2.50. The van der Waals surface area contributed by atoms with Crippen LogP contribution in [0.1, 0.15) is 16.8 Å². The summed E-state index contributed by atoms with van der Waals surface area (Å²) in [6.07, 6.45) is -1.22. The van der Waals surface area contributed by atoms with Gasteiger partial charge in [-0.25, -0.2) is 9.67 Å². The van der Waals surface area contributed by atoms with Crippen LogP contribution in [0.5, 0.6) is 0 Å². The maximum absolute atomic E-state index is 12.7. The van der Waals surface area contributed by atoms with E-state index in [-0.39, 0.29) is 0 Å². The van der Waals surface area contributed by atoms with E-state index >= 15 is 0 Å². The molecule has 3 heterocycles. The zero-order valence-corrected chi connectivity index (χ0v) is 24.2. The number of halogens is 9. The lowest BCUT2D eigenvalue weighted by Gasteiger charge is -2.16. The number of alkyl halides is 6. The van der Waals surface area contributed by atoms with Gasteiger partial charge < -0.3 is 15.2 Å². The van der Waals surface area contributed by atoms with Gasteiger partial charge in [-0.15, -0.1) is 23.3 Å². The molecule has 0 radical (unpaired) electrons. The van der Waals surface area contributed by atoms with Crippen LogP contribution in [0.2, 0.25) is 15.2 Å². The molecule has 0 saturated carbocycles. The Morgan fingerprint density at radius 3 is 2.26 bits per heavy atom. The molecule has 42 heavy (non-hydrogen) atoms. The van der Waals surface area contributed by atoms with Crippen molar-refractivity contribution in [2.24, 2.45) is 4.99 Å². The fourth-order valence-electron chi connectivity index (χ4n) is 3.34. The number of aromatic nitrogens is 3. The van der Waals surface area contributed by atoms with Crippen molar-refractivity contribution >= 4 is 68.7 Å². The van der Waals surface area contributed by atoms with Crippen molar-refractivity contribution in [3.05, 3.63) is 62.5 Å². The summed E-state index contributed by atoms with van der Waals surface area (Å²) >= 11 is 15.1. The molecule has 2 aromatic heterocycles. The maximum Gasteiger partial charge on any atom is 0.578 e. The van der Waals surface area contributed by atoms with Crippen molar-refractivity contribution in [2.75, 3.05) is 18.0 Å². The number of anilines is 1. The van der Waals surface area contributed by atoms with E-state index in [0.717, 1.165) is 29.6 Å². The second-order valence-electron chi connectivity index (χ2n) is 7.84. The molecule has 1 aliphatic rings. The van der Waals surface area contributed by atoms with Crippen molar-refractivity contribution in [3.63, 3.8) is 0 Å². The number of rotatable bonds is 4. The second kappa shape index (κ2) is 13.5. The molecule has 2 N–H and O–H groups in total. The largest absolute Gasteiger partial charge is 0.604 e. The molecular weight excluding hydrogens is 677 g/mol. The topological polar surface area (TPSA) is 143 Å². The van der Waals surface area contributed by atoms with Crippen LogP contribution in [0.4, 0.5) is 32.2 Å². The number of pyridine rings is 1. The predicted molar refractivity (Wildman–Crippen MR) is 145 cm³/mol. The van der Waals surface area contributed by atoms with Crippen molar-refractivity contribution in [2.45, 2.75) is 23.1 Å². The normalized spacial score (nSPS) is 15.1. The monoisotopic (exact) mass is 688 g/mol. The second-order valence-corrected chi connectivity index (χ2v) is 11.5. The van der Waals surface area contributed by atoms with Gasteiger partial charge >= 0.3 is 11.7 Å². The molecule has 1 saturated heterocycles. The standard InChI is InChI=1S/C12H4Cl2F6N4OS.C10H9ClN4S/c13-5-1-4(11(15,16)17)2-6(14)8(5)24-10(22)9(7(3-21)23-24)26(25)12(18,19)20;11-9-2-1-8(5-13-9)6-15-3-4-16-10(15)14-7-12/h1-2H,22H2;1-2,5H,3-4,6H2/b;14-10-. The molecule has 0 bridgehead atoms. The van der Waals surface area contributed by atoms with Crippen LogP contribution < -0.4 is 5.73 Å². The third kappa shape index (κ3) is 7.85. The molecule has 0 aliphatic carbocycles. The third-order valence-corrected chi connectivity index (χ3v) is 8.09. The zero-order chi connectivity index (χ0) is 31.4. The SMILES string of the molecule is N#C/N=C1\SCCN1Cc1ccc(Cl)nc1.N#Cc1nn(-c2c(Cl)cc(C(F)(F)F)cc2Cl)c(N)c1[S+]([O-])C(F)(F)F. The van der Waals surface area contributed by atoms with Crippen LogP contribution in [0.3, 0.4) is 0 Å². The lowest BCUT2D eigenvalue weighted by Crippen LogP contribution is -2.24. The molecule has 1 unspecified atom stereocenters. The van der Waals surface area contributed by atoms with Gasteiger partial charge in [0.05, 0.1) is 15.6 Å². The van der Waals surface area contributed by atoms with Crippen molar-refractivity contribution in [3.8, 4) is 17.9 Å². The molecular formula is C22H13Cl3F6N8OS2. The van der Waals surface area contributed by atoms with Gasteiger partial charge in [-0.05, 0) is 23.8 Å². The zero-order valence-electron chi connectivity index (χ0n) is 20.3. The number of amidine groups is 1. The summed E-state index contributed by atoms with van der Waals surface area (Å²) in [7, 11) is 0. The van der Waals surface area contributed by atoms with E-state index in [1.54, 1.807) is 24.0 Å². The summed E-state index contributed by atoms with van der Waals surface area (Å²) in [5.74, 6) is 0.0717. The molecule has 3 aromatic rings. The summed E-state index contributed by atoms with van der Waals surface area (Å²) in [6, 6.07) is 5.89. The maximum atomic E-state index is 12.7. The number of hydrogen-bond donors (Lipinski definition) is 1. The smallest absolute Gasteiger partial charge is 0.578 e. The van der Waals surface area contributed by atoms with Crippen LogP contribution in [0.25, 0.3) is 5.69 Å². The molecule has 4 rings (SSSR count). The minimum Gasteiger partial charge on any atom is -0.604 e. The first kappa shape index (κ1) is 33.4. The average molecular weight is 690 g/mol. The number of nitrogens with two attached hydrogens (primary N) is 1. The van der Waals surface area contributed by atoms with Gasteiger partial charge in [0.1, 0.15) is 28.1 Å². The summed E-state index contributed by atoms with van der Waals surface area (Å²) in [5.41, 5.74) is -1.35. The van der Waals surface area contributed by atoms with Crippen LogP contribution >= 0.6 is 46.6 Å². The number of hydrogen-bond acceptors (Lipinski definition) is 8. The Bertz CT molecular complexity index is 1550. The summed E-state index contributed by atoms with van der Waals surface area (Å²) < 4.78 is 88.4. The number of thioether (sulfide) groups is 1. The van der Waals surface area contributed by atoms with Crippen molar-refractivity contribution in [1.82, 2.24) is 19.7 Å².